The highest BCUT2D eigenvalue weighted by molar-refractivity contribution is 5.76. The topological polar surface area (TPSA) is 106 Å². The molecule has 146 valence electrons. The molecule has 0 saturated heterocycles. The third kappa shape index (κ3) is 6.09. The molecular weight excluding hydrogens is 336 g/mol. The molecule has 1 aliphatic rings. The molecule has 1 aromatic rings. The summed E-state index contributed by atoms with van der Waals surface area (Å²) in [7, 11) is 1.64. The Balaban J connectivity index is 1.93. The Morgan fingerprint density at radius 3 is 2.62 bits per heavy atom. The Morgan fingerprint density at radius 2 is 1.96 bits per heavy atom. The van der Waals surface area contributed by atoms with Crippen molar-refractivity contribution in [1.29, 1.82) is 0 Å². The van der Waals surface area contributed by atoms with Gasteiger partial charge >= 0.3 is 0 Å². The van der Waals surface area contributed by atoms with E-state index in [0.717, 1.165) is 44.9 Å². The van der Waals surface area contributed by atoms with Gasteiger partial charge in [-0.15, -0.1) is 0 Å². The van der Waals surface area contributed by atoms with Crippen LogP contribution in [-0.4, -0.2) is 42.2 Å². The lowest BCUT2D eigenvalue weighted by atomic mass is 9.89. The minimum Gasteiger partial charge on any atom is -0.385 e. The molecule has 2 amide bonds. The molecule has 0 radical (unpaired) electrons. The zero-order chi connectivity index (χ0) is 18.8. The average molecular weight is 366 g/mol. The second kappa shape index (κ2) is 10.3. The standard InChI is InChI=1S/C18H30N4O4/c1-14(23)21-18(10-5-3-4-6-11-18)17-20-16(26-22-17)9-8-15(24)19-12-7-13-25-2/h3-13H2,1-2H3,(H,19,24)(H,21,23). The number of methoxy groups -OCH3 is 1. The molecule has 2 rings (SSSR count). The molecule has 8 nitrogen and oxygen atoms in total. The summed E-state index contributed by atoms with van der Waals surface area (Å²) in [5.74, 6) is 0.826. The molecule has 0 unspecified atom stereocenters. The summed E-state index contributed by atoms with van der Waals surface area (Å²) in [4.78, 5) is 28.0. The number of nitrogens with one attached hydrogen (secondary N) is 2. The molecular formula is C18H30N4O4. The lowest BCUT2D eigenvalue weighted by Crippen LogP contribution is -2.45. The van der Waals surface area contributed by atoms with Crippen LogP contribution in [0.4, 0.5) is 0 Å². The molecule has 26 heavy (non-hydrogen) atoms. The van der Waals surface area contributed by atoms with Crippen LogP contribution in [0.15, 0.2) is 4.52 Å². The summed E-state index contributed by atoms with van der Waals surface area (Å²) >= 11 is 0. The zero-order valence-electron chi connectivity index (χ0n) is 15.8. The van der Waals surface area contributed by atoms with Crippen molar-refractivity contribution in [3.05, 3.63) is 11.7 Å². The Bertz CT molecular complexity index is 580. The van der Waals surface area contributed by atoms with E-state index in [0.29, 0.717) is 37.7 Å². The summed E-state index contributed by atoms with van der Waals surface area (Å²) in [6.07, 6.45) is 7.43. The van der Waals surface area contributed by atoms with Gasteiger partial charge in [0.2, 0.25) is 17.7 Å². The fraction of sp³-hybridized carbons (Fsp3) is 0.778. The predicted octanol–water partition coefficient (Wildman–Crippen LogP) is 1.84. The molecule has 1 saturated carbocycles. The highest BCUT2D eigenvalue weighted by atomic mass is 16.5. The summed E-state index contributed by atoms with van der Waals surface area (Å²) in [5.41, 5.74) is -0.549. The van der Waals surface area contributed by atoms with E-state index in [2.05, 4.69) is 20.8 Å². The van der Waals surface area contributed by atoms with Gasteiger partial charge in [-0.3, -0.25) is 9.59 Å². The quantitative estimate of drug-likeness (QED) is 0.510. The van der Waals surface area contributed by atoms with Crippen LogP contribution in [-0.2, 0) is 26.3 Å². The Kier molecular flexibility index (Phi) is 8.03. The second-order valence-electron chi connectivity index (χ2n) is 6.89. The number of hydrogen-bond donors (Lipinski definition) is 2. The van der Waals surface area contributed by atoms with Crippen molar-refractivity contribution in [2.45, 2.75) is 70.3 Å². The van der Waals surface area contributed by atoms with Gasteiger partial charge in [0, 0.05) is 40.0 Å². The van der Waals surface area contributed by atoms with Crippen molar-refractivity contribution in [2.75, 3.05) is 20.3 Å². The van der Waals surface area contributed by atoms with Crippen molar-refractivity contribution >= 4 is 11.8 Å². The van der Waals surface area contributed by atoms with Crippen LogP contribution in [0, 0.1) is 0 Å². The smallest absolute Gasteiger partial charge is 0.227 e. The SMILES string of the molecule is COCCCNC(=O)CCc1nc(C2(NC(C)=O)CCCCCC2)no1. The first-order chi connectivity index (χ1) is 12.6. The summed E-state index contributed by atoms with van der Waals surface area (Å²) in [6, 6.07) is 0. The number of hydrogen-bond acceptors (Lipinski definition) is 6. The van der Waals surface area contributed by atoms with E-state index in [4.69, 9.17) is 9.26 Å². The molecule has 0 spiro atoms. The number of aromatic nitrogens is 2. The largest absolute Gasteiger partial charge is 0.385 e. The first-order valence-electron chi connectivity index (χ1n) is 9.43. The van der Waals surface area contributed by atoms with Crippen molar-refractivity contribution in [1.82, 2.24) is 20.8 Å². The van der Waals surface area contributed by atoms with Gasteiger partial charge in [0.15, 0.2) is 5.82 Å². The molecule has 1 aromatic heterocycles. The van der Waals surface area contributed by atoms with E-state index in [1.54, 1.807) is 7.11 Å². The maximum atomic E-state index is 11.8. The predicted molar refractivity (Wildman–Crippen MR) is 95.3 cm³/mol. The number of ether oxygens (including phenoxy) is 1. The van der Waals surface area contributed by atoms with Gasteiger partial charge in [-0.05, 0) is 19.3 Å². The number of aryl methyl sites for hydroxylation is 1. The van der Waals surface area contributed by atoms with Crippen molar-refractivity contribution in [2.24, 2.45) is 0 Å². The Morgan fingerprint density at radius 1 is 1.23 bits per heavy atom. The molecule has 1 fully saturated rings. The van der Waals surface area contributed by atoms with Crippen LogP contribution in [0.2, 0.25) is 0 Å². The highest BCUT2D eigenvalue weighted by Gasteiger charge is 2.38. The first kappa shape index (κ1) is 20.4. The van der Waals surface area contributed by atoms with E-state index < -0.39 is 5.54 Å². The van der Waals surface area contributed by atoms with Gasteiger partial charge in [-0.25, -0.2) is 0 Å². The van der Waals surface area contributed by atoms with Gasteiger partial charge in [0.05, 0.1) is 0 Å². The lowest BCUT2D eigenvalue weighted by molar-refractivity contribution is -0.122. The number of carbonyl (C=O) groups is 2. The van der Waals surface area contributed by atoms with Gasteiger partial charge in [-0.1, -0.05) is 30.8 Å². The third-order valence-corrected chi connectivity index (χ3v) is 4.68. The molecule has 0 bridgehead atoms. The minimum absolute atomic E-state index is 0.0492. The van der Waals surface area contributed by atoms with E-state index in [1.165, 1.54) is 6.92 Å². The Hall–Kier alpha value is -1.96. The van der Waals surface area contributed by atoms with Crippen molar-refractivity contribution in [3.8, 4) is 0 Å². The number of rotatable bonds is 9. The van der Waals surface area contributed by atoms with E-state index in [1.807, 2.05) is 0 Å². The normalized spacial score (nSPS) is 16.7. The van der Waals surface area contributed by atoms with Crippen LogP contribution < -0.4 is 10.6 Å². The fourth-order valence-corrected chi connectivity index (χ4v) is 3.38. The molecule has 0 aliphatic heterocycles. The maximum Gasteiger partial charge on any atom is 0.227 e. The first-order valence-corrected chi connectivity index (χ1v) is 9.43. The van der Waals surface area contributed by atoms with Crippen LogP contribution in [0.5, 0.6) is 0 Å². The van der Waals surface area contributed by atoms with E-state index in [-0.39, 0.29) is 11.8 Å². The highest BCUT2D eigenvalue weighted by Crippen LogP contribution is 2.34. The minimum atomic E-state index is -0.549. The van der Waals surface area contributed by atoms with Crippen molar-refractivity contribution in [3.63, 3.8) is 0 Å². The van der Waals surface area contributed by atoms with Gasteiger partial charge in [-0.2, -0.15) is 4.98 Å². The lowest BCUT2D eigenvalue weighted by Gasteiger charge is -2.30. The average Bonchev–Trinajstić information content (AvgIpc) is 2.97. The number of amides is 2. The summed E-state index contributed by atoms with van der Waals surface area (Å²) in [5, 5.41) is 10.0. The molecule has 2 N–H and O–H groups in total. The van der Waals surface area contributed by atoms with Gasteiger partial charge < -0.3 is 19.9 Å². The second-order valence-corrected chi connectivity index (χ2v) is 6.89. The van der Waals surface area contributed by atoms with Gasteiger partial charge in [0.1, 0.15) is 5.54 Å². The van der Waals surface area contributed by atoms with E-state index >= 15 is 0 Å². The van der Waals surface area contributed by atoms with Crippen LogP contribution in [0.1, 0.15) is 70.0 Å². The Labute approximate surface area is 154 Å². The molecule has 8 heteroatoms. The summed E-state index contributed by atoms with van der Waals surface area (Å²) in [6.45, 7) is 2.73. The molecule has 1 aliphatic carbocycles. The van der Waals surface area contributed by atoms with Crippen LogP contribution in [0.25, 0.3) is 0 Å². The van der Waals surface area contributed by atoms with E-state index in [9.17, 15) is 9.59 Å². The monoisotopic (exact) mass is 366 g/mol. The summed E-state index contributed by atoms with van der Waals surface area (Å²) < 4.78 is 10.3. The molecule has 0 atom stereocenters. The number of carbonyl (C=O) groups excluding carboxylic acids is 2. The molecule has 1 heterocycles. The van der Waals surface area contributed by atoms with Crippen LogP contribution in [0.3, 0.4) is 0 Å². The van der Waals surface area contributed by atoms with Gasteiger partial charge in [0.25, 0.3) is 0 Å². The third-order valence-electron chi connectivity index (χ3n) is 4.68. The number of nitrogens with zero attached hydrogens (tertiary/aromatic N) is 2. The van der Waals surface area contributed by atoms with Crippen molar-refractivity contribution < 1.29 is 18.8 Å². The molecule has 0 aromatic carbocycles. The maximum absolute atomic E-state index is 11.8. The zero-order valence-corrected chi connectivity index (χ0v) is 15.8. The fourth-order valence-electron chi connectivity index (χ4n) is 3.38. The van der Waals surface area contributed by atoms with Crippen LogP contribution >= 0.6 is 0 Å².